The molecule has 7 heteroatoms. The summed E-state index contributed by atoms with van der Waals surface area (Å²) in [4.78, 5) is 3.98. The first-order chi connectivity index (χ1) is 8.45. The predicted octanol–water partition coefficient (Wildman–Crippen LogP) is 2.93. The van der Waals surface area contributed by atoms with Gasteiger partial charge in [0.15, 0.2) is 0 Å². The molecule has 1 N–H and O–H groups in total. The lowest BCUT2D eigenvalue weighted by molar-refractivity contribution is -0.168. The molecule has 0 saturated carbocycles. The summed E-state index contributed by atoms with van der Waals surface area (Å²) in [6, 6.07) is 3.19. The smallest absolute Gasteiger partial charge is 0.330 e. The van der Waals surface area contributed by atoms with E-state index < -0.39 is 19.0 Å². The molecule has 1 aromatic heterocycles. The lowest BCUT2D eigenvalue weighted by Gasteiger charge is -2.15. The molecule has 1 heterocycles. The second-order valence-electron chi connectivity index (χ2n) is 3.63. The number of halogens is 4. The Bertz CT molecular complexity index is 374. The van der Waals surface area contributed by atoms with E-state index in [1.807, 2.05) is 6.92 Å². The van der Waals surface area contributed by atoms with Gasteiger partial charge in [0.25, 0.3) is 0 Å². The summed E-state index contributed by atoms with van der Waals surface area (Å²) in [6.45, 7) is 1.08. The minimum absolute atomic E-state index is 0.163. The number of ether oxygens (including phenoxy) is 1. The van der Waals surface area contributed by atoms with Gasteiger partial charge in [-0.1, -0.05) is 0 Å². The van der Waals surface area contributed by atoms with Crippen LogP contribution in [0, 0.1) is 0 Å². The molecule has 0 radical (unpaired) electrons. The van der Waals surface area contributed by atoms with Gasteiger partial charge in [0.2, 0.25) is 0 Å². The van der Waals surface area contributed by atoms with Crippen LogP contribution in [-0.2, 0) is 11.3 Å². The lowest BCUT2D eigenvalue weighted by Crippen LogP contribution is -2.32. The van der Waals surface area contributed by atoms with E-state index in [0.717, 1.165) is 0 Å². The molecule has 0 spiro atoms. The number of hydrogen-bond acceptors (Lipinski definition) is 3. The fraction of sp³-hybridized carbons (Fsp3) is 0.545. The molecule has 0 saturated heterocycles. The number of nitrogens with zero attached hydrogens (tertiary/aromatic N) is 1. The van der Waals surface area contributed by atoms with Crippen LogP contribution < -0.4 is 5.32 Å². The van der Waals surface area contributed by atoms with Crippen LogP contribution in [0.15, 0.2) is 18.3 Å². The Kier molecular flexibility index (Phi) is 5.33. The summed E-state index contributed by atoms with van der Waals surface area (Å²) in [5.41, 5.74) is 0.589. The predicted molar refractivity (Wildman–Crippen MR) is 59.0 cm³/mol. The molecule has 0 aliphatic heterocycles. The quantitative estimate of drug-likeness (QED) is 0.770. The van der Waals surface area contributed by atoms with Gasteiger partial charge >= 0.3 is 12.3 Å². The van der Waals surface area contributed by atoms with Crippen molar-refractivity contribution in [3.8, 4) is 0 Å². The Balaban J connectivity index is 2.46. The van der Waals surface area contributed by atoms with Crippen LogP contribution >= 0.6 is 0 Å². The highest BCUT2D eigenvalue weighted by molar-refractivity contribution is 5.36. The topological polar surface area (TPSA) is 34.1 Å². The largest absolute Gasteiger partial charge is 0.370 e. The summed E-state index contributed by atoms with van der Waals surface area (Å²) in [5.74, 6) is -3.53. The Morgan fingerprint density at radius 2 is 2.17 bits per heavy atom. The van der Waals surface area contributed by atoms with Gasteiger partial charge in [-0.15, -0.1) is 0 Å². The molecule has 3 nitrogen and oxygen atoms in total. The molecule has 0 amide bonds. The van der Waals surface area contributed by atoms with Crippen molar-refractivity contribution in [1.29, 1.82) is 0 Å². The maximum atomic E-state index is 12.5. The molecule has 0 aromatic carbocycles. The molecule has 0 unspecified atom stereocenters. The summed E-state index contributed by atoms with van der Waals surface area (Å²) >= 11 is 0. The van der Waals surface area contributed by atoms with Crippen LogP contribution in [0.3, 0.4) is 0 Å². The fourth-order valence-corrected chi connectivity index (χ4v) is 1.21. The molecule has 18 heavy (non-hydrogen) atoms. The molecule has 1 rings (SSSR count). The van der Waals surface area contributed by atoms with Crippen LogP contribution in [0.2, 0.25) is 0 Å². The standard InChI is InChI=1S/C11H14F4N2O/c1-2-16-9-5-8(3-4-17-9)6-18-7-11(14,15)10(12)13/h3-5,10H,2,6-7H2,1H3,(H,16,17). The summed E-state index contributed by atoms with van der Waals surface area (Å²) in [6.07, 6.45) is -2.23. The van der Waals surface area contributed by atoms with Gasteiger partial charge < -0.3 is 10.1 Å². The van der Waals surface area contributed by atoms with E-state index >= 15 is 0 Å². The molecular formula is C11H14F4N2O. The van der Waals surface area contributed by atoms with Crippen LogP contribution in [0.1, 0.15) is 12.5 Å². The van der Waals surface area contributed by atoms with E-state index in [0.29, 0.717) is 17.9 Å². The normalized spacial score (nSPS) is 11.9. The van der Waals surface area contributed by atoms with Crippen molar-refractivity contribution in [2.45, 2.75) is 25.9 Å². The highest BCUT2D eigenvalue weighted by atomic mass is 19.3. The van der Waals surface area contributed by atoms with Crippen LogP contribution in [0.4, 0.5) is 23.4 Å². The average molecular weight is 266 g/mol. The second-order valence-corrected chi connectivity index (χ2v) is 3.63. The maximum Gasteiger partial charge on any atom is 0.330 e. The first kappa shape index (κ1) is 14.7. The van der Waals surface area contributed by atoms with Crippen molar-refractivity contribution in [2.24, 2.45) is 0 Å². The highest BCUT2D eigenvalue weighted by Crippen LogP contribution is 2.23. The van der Waals surface area contributed by atoms with Crippen molar-refractivity contribution in [3.63, 3.8) is 0 Å². The van der Waals surface area contributed by atoms with Gasteiger partial charge in [0.1, 0.15) is 12.4 Å². The van der Waals surface area contributed by atoms with Gasteiger partial charge in [-0.2, -0.15) is 8.78 Å². The zero-order valence-corrected chi connectivity index (χ0v) is 9.80. The molecule has 0 aliphatic rings. The van der Waals surface area contributed by atoms with Gasteiger partial charge in [-0.25, -0.2) is 13.8 Å². The summed E-state index contributed by atoms with van der Waals surface area (Å²) in [5, 5.41) is 2.94. The third-order valence-corrected chi connectivity index (χ3v) is 2.06. The maximum absolute atomic E-state index is 12.5. The lowest BCUT2D eigenvalue weighted by atomic mass is 10.3. The van der Waals surface area contributed by atoms with E-state index in [-0.39, 0.29) is 6.61 Å². The number of nitrogens with one attached hydrogen (secondary N) is 1. The first-order valence-electron chi connectivity index (χ1n) is 5.38. The highest BCUT2D eigenvalue weighted by Gasteiger charge is 2.40. The Hall–Kier alpha value is -1.37. The zero-order valence-electron chi connectivity index (χ0n) is 9.80. The average Bonchev–Trinajstić information content (AvgIpc) is 2.29. The molecule has 0 bridgehead atoms. The summed E-state index contributed by atoms with van der Waals surface area (Å²) in [7, 11) is 0. The fourth-order valence-electron chi connectivity index (χ4n) is 1.21. The Labute approximate surface area is 102 Å². The van der Waals surface area contributed by atoms with E-state index in [1.165, 1.54) is 6.20 Å². The van der Waals surface area contributed by atoms with Crippen LogP contribution in [0.25, 0.3) is 0 Å². The van der Waals surface area contributed by atoms with Gasteiger partial charge in [-0.05, 0) is 24.6 Å². The second kappa shape index (κ2) is 6.53. The third kappa shape index (κ3) is 4.48. The third-order valence-electron chi connectivity index (χ3n) is 2.06. The minimum atomic E-state index is -4.11. The van der Waals surface area contributed by atoms with E-state index in [9.17, 15) is 17.6 Å². The van der Waals surface area contributed by atoms with Crippen LogP contribution in [-0.4, -0.2) is 30.5 Å². The number of rotatable bonds is 7. The van der Waals surface area contributed by atoms with Crippen molar-refractivity contribution >= 4 is 5.82 Å². The number of aromatic nitrogens is 1. The monoisotopic (exact) mass is 266 g/mol. The van der Waals surface area contributed by atoms with E-state index in [1.54, 1.807) is 12.1 Å². The molecule has 0 aliphatic carbocycles. The molecule has 0 fully saturated rings. The SMILES string of the molecule is CCNc1cc(COCC(F)(F)C(F)F)ccn1. The zero-order chi connectivity index (χ0) is 13.6. The molecule has 0 atom stereocenters. The van der Waals surface area contributed by atoms with Gasteiger partial charge in [0.05, 0.1) is 6.61 Å². The van der Waals surface area contributed by atoms with Crippen molar-refractivity contribution in [1.82, 2.24) is 4.98 Å². The minimum Gasteiger partial charge on any atom is -0.370 e. The number of hydrogen-bond donors (Lipinski definition) is 1. The van der Waals surface area contributed by atoms with E-state index in [2.05, 4.69) is 15.0 Å². The van der Waals surface area contributed by atoms with Crippen molar-refractivity contribution in [3.05, 3.63) is 23.9 Å². The number of anilines is 1. The van der Waals surface area contributed by atoms with Crippen molar-refractivity contribution < 1.29 is 22.3 Å². The summed E-state index contributed by atoms with van der Waals surface area (Å²) < 4.78 is 53.4. The van der Waals surface area contributed by atoms with Crippen molar-refractivity contribution in [2.75, 3.05) is 18.5 Å². The molecular weight excluding hydrogens is 252 g/mol. The number of alkyl halides is 4. The van der Waals surface area contributed by atoms with E-state index in [4.69, 9.17) is 0 Å². The molecule has 102 valence electrons. The Morgan fingerprint density at radius 1 is 1.44 bits per heavy atom. The molecule has 1 aromatic rings. The van der Waals surface area contributed by atoms with Gasteiger partial charge in [0, 0.05) is 12.7 Å². The van der Waals surface area contributed by atoms with Gasteiger partial charge in [-0.3, -0.25) is 0 Å². The van der Waals surface area contributed by atoms with Crippen LogP contribution in [0.5, 0.6) is 0 Å². The first-order valence-corrected chi connectivity index (χ1v) is 5.38. The Morgan fingerprint density at radius 3 is 2.78 bits per heavy atom. The number of pyridine rings is 1.